The summed E-state index contributed by atoms with van der Waals surface area (Å²) in [5.74, 6) is 0.549. The molecule has 0 atom stereocenters. The Kier molecular flexibility index (Phi) is 3.16. The van der Waals surface area contributed by atoms with E-state index in [-0.39, 0.29) is 11.2 Å². The summed E-state index contributed by atoms with van der Waals surface area (Å²) in [6.07, 6.45) is 3.63. The molecule has 18 heavy (non-hydrogen) atoms. The lowest BCUT2D eigenvalue weighted by atomic mass is 9.90. The summed E-state index contributed by atoms with van der Waals surface area (Å²) < 4.78 is 11.5. The van der Waals surface area contributed by atoms with Crippen LogP contribution in [-0.4, -0.2) is 17.4 Å². The molecule has 0 bridgehead atoms. The number of hydrogen-bond acceptors (Lipinski definition) is 2. The van der Waals surface area contributed by atoms with Gasteiger partial charge in [-0.1, -0.05) is 18.2 Å². The van der Waals surface area contributed by atoms with Crippen molar-refractivity contribution in [3.8, 4) is 0 Å². The van der Waals surface area contributed by atoms with Crippen molar-refractivity contribution >= 4 is 11.9 Å². The standard InChI is InChI=1S/C15H19NO2/c1-14(2)15(3,4)18-13(17-14)10-11-16-12-8-6-5-7-9-12/h5-11H,1-4H3/p+1. The van der Waals surface area contributed by atoms with Crippen LogP contribution in [0.1, 0.15) is 27.7 Å². The molecular formula is C15H20NO2+. The van der Waals surface area contributed by atoms with Crippen LogP contribution in [0.5, 0.6) is 0 Å². The SMILES string of the molecule is CC1(C)OC(=CC=[NH+]c2ccccc2)OC1(C)C. The van der Waals surface area contributed by atoms with Gasteiger partial charge in [-0.05, 0) is 27.7 Å². The zero-order valence-electron chi connectivity index (χ0n) is 11.4. The summed E-state index contributed by atoms with van der Waals surface area (Å²) in [7, 11) is 0. The molecule has 0 saturated carbocycles. The second-order valence-electron chi connectivity index (χ2n) is 5.39. The lowest BCUT2D eigenvalue weighted by molar-refractivity contribution is -0.346. The molecule has 0 spiro atoms. The maximum atomic E-state index is 5.77. The van der Waals surface area contributed by atoms with Crippen LogP contribution >= 0.6 is 0 Å². The van der Waals surface area contributed by atoms with E-state index in [0.717, 1.165) is 5.69 Å². The molecule has 2 rings (SSSR count). The highest BCUT2D eigenvalue weighted by Gasteiger charge is 2.48. The third kappa shape index (κ3) is 2.55. The van der Waals surface area contributed by atoms with Gasteiger partial charge < -0.3 is 9.47 Å². The Labute approximate surface area is 108 Å². The van der Waals surface area contributed by atoms with E-state index in [4.69, 9.17) is 9.47 Å². The number of nitrogens with one attached hydrogen (secondary N) is 1. The van der Waals surface area contributed by atoms with E-state index in [2.05, 4.69) is 4.99 Å². The zero-order chi connectivity index (χ0) is 13.2. The molecule has 0 aliphatic carbocycles. The van der Waals surface area contributed by atoms with Gasteiger partial charge in [0.05, 0.1) is 6.08 Å². The summed E-state index contributed by atoms with van der Waals surface area (Å²) in [6.45, 7) is 8.11. The summed E-state index contributed by atoms with van der Waals surface area (Å²) in [4.78, 5) is 3.16. The van der Waals surface area contributed by atoms with E-state index in [1.165, 1.54) is 0 Å². The van der Waals surface area contributed by atoms with Crippen LogP contribution in [0, 0.1) is 0 Å². The fourth-order valence-electron chi connectivity index (χ4n) is 1.58. The van der Waals surface area contributed by atoms with Gasteiger partial charge in [0.2, 0.25) is 5.69 Å². The van der Waals surface area contributed by atoms with Crippen molar-refractivity contribution in [1.82, 2.24) is 0 Å². The average molecular weight is 246 g/mol. The Morgan fingerprint density at radius 1 is 0.944 bits per heavy atom. The molecule has 0 unspecified atom stereocenters. The molecule has 1 aromatic carbocycles. The monoisotopic (exact) mass is 246 g/mol. The first-order valence-corrected chi connectivity index (χ1v) is 6.14. The Morgan fingerprint density at radius 2 is 1.50 bits per heavy atom. The number of rotatable bonds is 2. The van der Waals surface area contributed by atoms with Gasteiger partial charge in [0.15, 0.2) is 6.21 Å². The first-order chi connectivity index (χ1) is 8.41. The third-order valence-electron chi connectivity index (χ3n) is 3.40. The molecule has 96 valence electrons. The second kappa shape index (κ2) is 4.48. The molecule has 1 fully saturated rings. The van der Waals surface area contributed by atoms with Gasteiger partial charge in [-0.25, -0.2) is 4.99 Å². The molecule has 1 heterocycles. The van der Waals surface area contributed by atoms with Crippen LogP contribution in [0.4, 0.5) is 5.69 Å². The maximum absolute atomic E-state index is 5.77. The maximum Gasteiger partial charge on any atom is 0.286 e. The number of ether oxygens (including phenoxy) is 2. The molecule has 0 radical (unpaired) electrons. The van der Waals surface area contributed by atoms with Gasteiger partial charge in [-0.2, -0.15) is 0 Å². The Bertz CT molecular complexity index is 455. The number of benzene rings is 1. The van der Waals surface area contributed by atoms with Gasteiger partial charge in [-0.3, -0.25) is 0 Å². The predicted octanol–water partition coefficient (Wildman–Crippen LogP) is 1.91. The first kappa shape index (κ1) is 12.7. The van der Waals surface area contributed by atoms with Crippen molar-refractivity contribution in [2.75, 3.05) is 0 Å². The van der Waals surface area contributed by atoms with Crippen LogP contribution in [0.2, 0.25) is 0 Å². The van der Waals surface area contributed by atoms with E-state index < -0.39 is 0 Å². The average Bonchev–Trinajstić information content (AvgIpc) is 2.49. The zero-order valence-corrected chi connectivity index (χ0v) is 11.4. The Hall–Kier alpha value is -1.77. The Morgan fingerprint density at radius 3 is 2.06 bits per heavy atom. The molecular weight excluding hydrogens is 226 g/mol. The largest absolute Gasteiger partial charge is 0.455 e. The second-order valence-corrected chi connectivity index (χ2v) is 5.39. The van der Waals surface area contributed by atoms with Crippen molar-refractivity contribution in [3.63, 3.8) is 0 Å². The third-order valence-corrected chi connectivity index (χ3v) is 3.40. The lowest BCUT2D eigenvalue weighted by Gasteiger charge is -2.28. The van der Waals surface area contributed by atoms with E-state index >= 15 is 0 Å². The van der Waals surface area contributed by atoms with Gasteiger partial charge in [0.25, 0.3) is 5.95 Å². The predicted molar refractivity (Wildman–Crippen MR) is 71.5 cm³/mol. The lowest BCUT2D eigenvalue weighted by Crippen LogP contribution is -2.60. The molecule has 1 N–H and O–H groups in total. The summed E-state index contributed by atoms with van der Waals surface area (Å²) >= 11 is 0. The fourth-order valence-corrected chi connectivity index (χ4v) is 1.58. The molecule has 1 aromatic rings. The number of para-hydroxylation sites is 1. The van der Waals surface area contributed by atoms with Crippen LogP contribution in [0.25, 0.3) is 0 Å². The summed E-state index contributed by atoms with van der Waals surface area (Å²) in [5, 5.41) is 0. The van der Waals surface area contributed by atoms with Crippen LogP contribution < -0.4 is 4.99 Å². The van der Waals surface area contributed by atoms with Gasteiger partial charge in [0.1, 0.15) is 11.2 Å². The van der Waals surface area contributed by atoms with Crippen molar-refractivity contribution in [1.29, 1.82) is 0 Å². The van der Waals surface area contributed by atoms with Crippen LogP contribution in [0.15, 0.2) is 42.4 Å². The molecule has 0 amide bonds. The van der Waals surface area contributed by atoms with Gasteiger partial charge in [0, 0.05) is 12.1 Å². The molecule has 1 saturated heterocycles. The van der Waals surface area contributed by atoms with Crippen LogP contribution in [0.3, 0.4) is 0 Å². The Balaban J connectivity index is 2.07. The minimum Gasteiger partial charge on any atom is -0.455 e. The minimum atomic E-state index is -0.320. The van der Waals surface area contributed by atoms with Gasteiger partial charge >= 0.3 is 0 Å². The normalized spacial score (nSPS) is 20.6. The molecule has 1 aliphatic heterocycles. The van der Waals surface area contributed by atoms with Gasteiger partial charge in [-0.15, -0.1) is 0 Å². The minimum absolute atomic E-state index is 0.320. The summed E-state index contributed by atoms with van der Waals surface area (Å²) in [5.41, 5.74) is 0.393. The molecule has 3 nitrogen and oxygen atoms in total. The molecule has 1 aliphatic rings. The van der Waals surface area contributed by atoms with E-state index in [1.807, 2.05) is 70.3 Å². The topological polar surface area (TPSA) is 32.4 Å². The highest BCUT2D eigenvalue weighted by Crippen LogP contribution is 2.39. The van der Waals surface area contributed by atoms with Crippen molar-refractivity contribution in [3.05, 3.63) is 42.4 Å². The van der Waals surface area contributed by atoms with E-state index in [9.17, 15) is 0 Å². The quantitative estimate of drug-likeness (QED) is 0.809. The molecule has 3 heteroatoms. The van der Waals surface area contributed by atoms with Crippen LogP contribution in [-0.2, 0) is 9.47 Å². The van der Waals surface area contributed by atoms with Crippen molar-refractivity contribution in [2.45, 2.75) is 38.9 Å². The van der Waals surface area contributed by atoms with Crippen molar-refractivity contribution in [2.24, 2.45) is 0 Å². The highest BCUT2D eigenvalue weighted by atomic mass is 16.7. The van der Waals surface area contributed by atoms with Crippen molar-refractivity contribution < 1.29 is 14.5 Å². The smallest absolute Gasteiger partial charge is 0.286 e. The van der Waals surface area contributed by atoms with E-state index in [0.29, 0.717) is 5.95 Å². The number of allylic oxidation sites excluding steroid dienone is 1. The summed E-state index contributed by atoms with van der Waals surface area (Å²) in [6, 6.07) is 9.95. The van der Waals surface area contributed by atoms with E-state index in [1.54, 1.807) is 0 Å². The fraction of sp³-hybridized carbons (Fsp3) is 0.400. The number of hydrogen-bond donors (Lipinski definition) is 1. The molecule has 0 aromatic heterocycles. The first-order valence-electron chi connectivity index (χ1n) is 6.14. The highest BCUT2D eigenvalue weighted by molar-refractivity contribution is 5.66.